The monoisotopic (exact) mass is 283 g/mol. The van der Waals surface area contributed by atoms with E-state index in [1.165, 1.54) is 51.9 Å². The van der Waals surface area contributed by atoms with Crippen LogP contribution in [0.15, 0.2) is 0 Å². The smallest absolute Gasteiger partial charge is 0.0503 e. The summed E-state index contributed by atoms with van der Waals surface area (Å²) in [6, 6.07) is 0.656. The average Bonchev–Trinajstić information content (AvgIpc) is 2.78. The first-order valence-electron chi connectivity index (χ1n) is 8.29. The van der Waals surface area contributed by atoms with Gasteiger partial charge < -0.3 is 15.4 Å². The summed E-state index contributed by atoms with van der Waals surface area (Å²) in [5.41, 5.74) is 6.48. The fraction of sp³-hybridized carbons (Fsp3) is 1.00. The van der Waals surface area contributed by atoms with E-state index in [9.17, 15) is 0 Å². The Kier molecular flexibility index (Phi) is 5.84. The number of rotatable bonds is 5. The number of nitrogens with zero attached hydrogens (tertiary/aromatic N) is 2. The van der Waals surface area contributed by atoms with Crippen LogP contribution in [0.2, 0.25) is 0 Å². The van der Waals surface area contributed by atoms with E-state index < -0.39 is 0 Å². The summed E-state index contributed by atoms with van der Waals surface area (Å²) < 4.78 is 5.34. The summed E-state index contributed by atoms with van der Waals surface area (Å²) in [5, 5.41) is 0. The number of hydrogen-bond donors (Lipinski definition) is 1. The Morgan fingerprint density at radius 1 is 1.25 bits per heavy atom. The van der Waals surface area contributed by atoms with Crippen LogP contribution in [-0.4, -0.2) is 67.8 Å². The van der Waals surface area contributed by atoms with Crippen LogP contribution in [-0.2, 0) is 4.74 Å². The highest BCUT2D eigenvalue weighted by molar-refractivity contribution is 4.97. The highest BCUT2D eigenvalue weighted by Crippen LogP contribution is 2.33. The van der Waals surface area contributed by atoms with E-state index in [2.05, 4.69) is 23.6 Å². The van der Waals surface area contributed by atoms with Crippen LogP contribution < -0.4 is 5.73 Å². The van der Waals surface area contributed by atoms with E-state index in [-0.39, 0.29) is 5.54 Å². The Hall–Kier alpha value is -0.160. The van der Waals surface area contributed by atoms with Crippen LogP contribution in [0.3, 0.4) is 0 Å². The van der Waals surface area contributed by atoms with E-state index in [1.807, 2.05) is 7.11 Å². The molecule has 2 saturated heterocycles. The van der Waals surface area contributed by atoms with Crippen molar-refractivity contribution in [2.24, 2.45) is 11.7 Å². The number of ether oxygens (including phenoxy) is 1. The zero-order valence-electron chi connectivity index (χ0n) is 13.6. The van der Waals surface area contributed by atoms with Crippen LogP contribution in [0.4, 0.5) is 0 Å². The lowest BCUT2D eigenvalue weighted by molar-refractivity contribution is 0.0880. The molecule has 0 aromatic carbocycles. The molecule has 2 N–H and O–H groups in total. The second kappa shape index (κ2) is 7.21. The van der Waals surface area contributed by atoms with Gasteiger partial charge in [-0.3, -0.25) is 4.90 Å². The maximum atomic E-state index is 6.24. The van der Waals surface area contributed by atoms with Gasteiger partial charge in [0.15, 0.2) is 0 Å². The molecule has 2 rings (SSSR count). The lowest BCUT2D eigenvalue weighted by Gasteiger charge is -2.41. The van der Waals surface area contributed by atoms with Crippen molar-refractivity contribution in [3.8, 4) is 0 Å². The van der Waals surface area contributed by atoms with E-state index in [1.54, 1.807) is 0 Å². The third-order valence-electron chi connectivity index (χ3n) is 5.42. The summed E-state index contributed by atoms with van der Waals surface area (Å²) in [5.74, 6) is 0.702. The van der Waals surface area contributed by atoms with Crippen LogP contribution in [0, 0.1) is 5.92 Å². The van der Waals surface area contributed by atoms with E-state index >= 15 is 0 Å². The third-order valence-corrected chi connectivity index (χ3v) is 5.42. The minimum atomic E-state index is 0.242. The molecule has 2 heterocycles. The SMILES string of the molecule is COCC1CCN(C2(CN)CCCN(C(C)C)CC2)C1. The number of nitrogens with two attached hydrogens (primary N) is 1. The van der Waals surface area contributed by atoms with Gasteiger partial charge in [0, 0.05) is 38.3 Å². The molecule has 20 heavy (non-hydrogen) atoms. The largest absolute Gasteiger partial charge is 0.384 e. The molecule has 0 saturated carbocycles. The van der Waals surface area contributed by atoms with Crippen LogP contribution in [0.25, 0.3) is 0 Å². The average molecular weight is 283 g/mol. The molecule has 2 atom stereocenters. The van der Waals surface area contributed by atoms with E-state index in [4.69, 9.17) is 10.5 Å². The molecule has 4 heteroatoms. The van der Waals surface area contributed by atoms with Crippen molar-refractivity contribution >= 4 is 0 Å². The summed E-state index contributed by atoms with van der Waals surface area (Å²) in [6.45, 7) is 11.1. The Morgan fingerprint density at radius 2 is 2.05 bits per heavy atom. The fourth-order valence-corrected chi connectivity index (χ4v) is 4.00. The van der Waals surface area contributed by atoms with E-state index in [0.717, 1.165) is 13.2 Å². The Labute approximate surface area is 124 Å². The Morgan fingerprint density at radius 3 is 2.70 bits per heavy atom. The van der Waals surface area contributed by atoms with Crippen molar-refractivity contribution in [1.29, 1.82) is 0 Å². The molecule has 0 aromatic rings. The molecule has 0 bridgehead atoms. The summed E-state index contributed by atoms with van der Waals surface area (Å²) in [6.07, 6.45) is 5.03. The first-order chi connectivity index (χ1) is 9.61. The molecular weight excluding hydrogens is 250 g/mol. The lowest BCUT2D eigenvalue weighted by Crippen LogP contribution is -2.53. The van der Waals surface area contributed by atoms with Crippen molar-refractivity contribution in [2.45, 2.75) is 51.1 Å². The van der Waals surface area contributed by atoms with Gasteiger partial charge in [-0.1, -0.05) is 0 Å². The van der Waals surface area contributed by atoms with Gasteiger partial charge in [0.25, 0.3) is 0 Å². The number of hydrogen-bond acceptors (Lipinski definition) is 4. The molecule has 2 fully saturated rings. The highest BCUT2D eigenvalue weighted by atomic mass is 16.5. The van der Waals surface area contributed by atoms with Crippen LogP contribution in [0.1, 0.15) is 39.5 Å². The minimum Gasteiger partial charge on any atom is -0.384 e. The standard InChI is InChI=1S/C16H33N3O/c1-14(2)18-8-4-6-16(13-17,7-10-18)19-9-5-15(11-19)12-20-3/h14-15H,4-13,17H2,1-3H3. The van der Waals surface area contributed by atoms with Crippen molar-refractivity contribution in [3.63, 3.8) is 0 Å². The summed E-state index contributed by atoms with van der Waals surface area (Å²) in [7, 11) is 1.81. The van der Waals surface area contributed by atoms with Gasteiger partial charge in [-0.05, 0) is 58.5 Å². The Balaban J connectivity index is 1.99. The molecule has 4 nitrogen and oxygen atoms in total. The number of methoxy groups -OCH3 is 1. The van der Waals surface area contributed by atoms with Crippen molar-refractivity contribution < 1.29 is 4.74 Å². The normalized spacial score (nSPS) is 33.8. The number of likely N-dealkylation sites (tertiary alicyclic amines) is 2. The predicted molar refractivity (Wildman–Crippen MR) is 83.9 cm³/mol. The molecule has 0 radical (unpaired) electrons. The molecule has 118 valence electrons. The third kappa shape index (κ3) is 3.53. The van der Waals surface area contributed by atoms with Gasteiger partial charge in [-0.2, -0.15) is 0 Å². The summed E-state index contributed by atoms with van der Waals surface area (Å²) >= 11 is 0. The fourth-order valence-electron chi connectivity index (χ4n) is 4.00. The zero-order chi connectivity index (χ0) is 14.6. The molecule has 0 aliphatic carbocycles. The van der Waals surface area contributed by atoms with Gasteiger partial charge in [0.1, 0.15) is 0 Å². The maximum Gasteiger partial charge on any atom is 0.0503 e. The second-order valence-corrected chi connectivity index (χ2v) is 6.97. The predicted octanol–water partition coefficient (Wildman–Crippen LogP) is 1.55. The van der Waals surface area contributed by atoms with Crippen LogP contribution in [0.5, 0.6) is 0 Å². The quantitative estimate of drug-likeness (QED) is 0.831. The van der Waals surface area contributed by atoms with Gasteiger partial charge >= 0.3 is 0 Å². The van der Waals surface area contributed by atoms with Gasteiger partial charge in [0.05, 0.1) is 6.61 Å². The molecule has 0 amide bonds. The first-order valence-corrected chi connectivity index (χ1v) is 8.29. The second-order valence-electron chi connectivity index (χ2n) is 6.97. The van der Waals surface area contributed by atoms with E-state index in [0.29, 0.717) is 12.0 Å². The molecule has 2 aliphatic rings. The molecule has 0 spiro atoms. The van der Waals surface area contributed by atoms with Crippen LogP contribution >= 0.6 is 0 Å². The Bertz CT molecular complexity index is 297. The molecular formula is C16H33N3O. The van der Waals surface area contributed by atoms with Gasteiger partial charge in [-0.15, -0.1) is 0 Å². The maximum absolute atomic E-state index is 6.24. The van der Waals surface area contributed by atoms with Crippen molar-refractivity contribution in [2.75, 3.05) is 46.4 Å². The lowest BCUT2D eigenvalue weighted by atomic mass is 9.88. The minimum absolute atomic E-state index is 0.242. The molecule has 0 aromatic heterocycles. The van der Waals surface area contributed by atoms with Crippen molar-refractivity contribution in [1.82, 2.24) is 9.80 Å². The molecule has 2 unspecified atom stereocenters. The van der Waals surface area contributed by atoms with Gasteiger partial charge in [0.2, 0.25) is 0 Å². The zero-order valence-corrected chi connectivity index (χ0v) is 13.6. The summed E-state index contributed by atoms with van der Waals surface area (Å²) in [4.78, 5) is 5.29. The molecule has 2 aliphatic heterocycles. The van der Waals surface area contributed by atoms with Crippen molar-refractivity contribution in [3.05, 3.63) is 0 Å². The van der Waals surface area contributed by atoms with Gasteiger partial charge in [-0.25, -0.2) is 0 Å². The topological polar surface area (TPSA) is 41.7 Å². The first kappa shape index (κ1) is 16.2. The highest BCUT2D eigenvalue weighted by Gasteiger charge is 2.40.